The van der Waals surface area contributed by atoms with Gasteiger partial charge in [-0.3, -0.25) is 0 Å². The van der Waals surface area contributed by atoms with Crippen molar-refractivity contribution in [3.8, 4) is 0 Å². The molecule has 17 heavy (non-hydrogen) atoms. The van der Waals surface area contributed by atoms with E-state index in [-0.39, 0.29) is 11.6 Å². The van der Waals surface area contributed by atoms with Gasteiger partial charge < -0.3 is 9.80 Å². The molecule has 1 saturated heterocycles. The van der Waals surface area contributed by atoms with Gasteiger partial charge in [-0.25, -0.2) is 4.79 Å². The van der Waals surface area contributed by atoms with Gasteiger partial charge in [0.1, 0.15) is 0 Å². The van der Waals surface area contributed by atoms with Gasteiger partial charge in [-0.2, -0.15) is 0 Å². The molecule has 2 rings (SSSR count). The third-order valence-corrected chi connectivity index (χ3v) is 4.57. The predicted octanol–water partition coefficient (Wildman–Crippen LogP) is 2.96. The zero-order valence-corrected chi connectivity index (χ0v) is 11.9. The number of carbonyl (C=O) groups excluding carboxylic acids is 1. The Labute approximate surface area is 105 Å². The molecule has 1 aliphatic carbocycles. The van der Waals surface area contributed by atoms with Gasteiger partial charge in [0.25, 0.3) is 0 Å². The van der Waals surface area contributed by atoms with E-state index in [4.69, 9.17) is 0 Å². The molecular weight excluding hydrogens is 212 g/mol. The zero-order valence-electron chi connectivity index (χ0n) is 11.9. The molecule has 2 aliphatic rings. The van der Waals surface area contributed by atoms with E-state index in [1.807, 2.05) is 14.1 Å². The van der Waals surface area contributed by atoms with Gasteiger partial charge in [0.05, 0.1) is 0 Å². The Morgan fingerprint density at radius 1 is 1.29 bits per heavy atom. The second-order valence-electron chi connectivity index (χ2n) is 7.11. The number of likely N-dealkylation sites (tertiary alicyclic amines) is 1. The number of amides is 2. The molecule has 98 valence electrons. The van der Waals surface area contributed by atoms with Crippen molar-refractivity contribution in [2.24, 2.45) is 11.3 Å². The number of carbonyl (C=O) groups is 1. The van der Waals surface area contributed by atoms with Crippen LogP contribution in [0.2, 0.25) is 0 Å². The summed E-state index contributed by atoms with van der Waals surface area (Å²) < 4.78 is 0. The fraction of sp³-hybridized carbons (Fsp3) is 0.929. The Morgan fingerprint density at radius 2 is 1.88 bits per heavy atom. The highest BCUT2D eigenvalue weighted by atomic mass is 16.2. The number of nitrogens with zero attached hydrogens (tertiary/aromatic N) is 2. The molecule has 0 aromatic carbocycles. The summed E-state index contributed by atoms with van der Waals surface area (Å²) in [5, 5.41) is 0. The summed E-state index contributed by atoms with van der Waals surface area (Å²) >= 11 is 0. The van der Waals surface area contributed by atoms with Crippen LogP contribution in [0.25, 0.3) is 0 Å². The minimum atomic E-state index is 0.204. The van der Waals surface area contributed by atoms with Gasteiger partial charge in [-0.05, 0) is 37.0 Å². The molecule has 3 heteroatoms. The smallest absolute Gasteiger partial charge is 0.319 e. The van der Waals surface area contributed by atoms with Gasteiger partial charge in [0, 0.05) is 26.2 Å². The maximum absolute atomic E-state index is 12.2. The lowest BCUT2D eigenvalue weighted by Gasteiger charge is -2.45. The molecule has 1 atom stereocenters. The molecule has 1 spiro atoms. The molecule has 3 nitrogen and oxygen atoms in total. The third kappa shape index (κ3) is 2.29. The number of hydrogen-bond donors (Lipinski definition) is 0. The SMILES string of the molecule is CN(C)C(=O)N1CCC(C(C)(C)C)CC12CC2. The van der Waals surface area contributed by atoms with Gasteiger partial charge >= 0.3 is 6.03 Å². The molecule has 0 aromatic rings. The number of hydrogen-bond acceptors (Lipinski definition) is 1. The highest BCUT2D eigenvalue weighted by Crippen LogP contribution is 2.53. The maximum atomic E-state index is 12.2. The van der Waals surface area contributed by atoms with Crippen LogP contribution in [0.4, 0.5) is 4.79 Å². The van der Waals surface area contributed by atoms with E-state index in [0.717, 1.165) is 18.9 Å². The molecule has 0 bridgehead atoms. The van der Waals surface area contributed by atoms with Crippen molar-refractivity contribution in [3.05, 3.63) is 0 Å². The summed E-state index contributed by atoms with van der Waals surface area (Å²) in [6.45, 7) is 7.93. The largest absolute Gasteiger partial charge is 0.331 e. The van der Waals surface area contributed by atoms with Crippen LogP contribution in [-0.4, -0.2) is 42.0 Å². The van der Waals surface area contributed by atoms with Gasteiger partial charge in [0.15, 0.2) is 0 Å². The standard InChI is InChI=1S/C14H26N2O/c1-13(2,3)11-6-9-16(12(17)15(4)5)14(10-11)7-8-14/h11H,6-10H2,1-5H3. The lowest BCUT2D eigenvalue weighted by atomic mass is 9.72. The molecule has 1 saturated carbocycles. The summed E-state index contributed by atoms with van der Waals surface area (Å²) in [5.74, 6) is 0.760. The quantitative estimate of drug-likeness (QED) is 0.636. The van der Waals surface area contributed by atoms with E-state index in [2.05, 4.69) is 25.7 Å². The number of piperidine rings is 1. The van der Waals surface area contributed by atoms with Gasteiger partial charge in [0.2, 0.25) is 0 Å². The second-order valence-corrected chi connectivity index (χ2v) is 7.11. The topological polar surface area (TPSA) is 23.6 Å². The summed E-state index contributed by atoms with van der Waals surface area (Å²) in [7, 11) is 3.71. The van der Waals surface area contributed by atoms with Crippen molar-refractivity contribution in [1.82, 2.24) is 9.80 Å². The van der Waals surface area contributed by atoms with E-state index in [9.17, 15) is 4.79 Å². The van der Waals surface area contributed by atoms with Crippen LogP contribution in [0.3, 0.4) is 0 Å². The Hall–Kier alpha value is -0.730. The number of rotatable bonds is 0. The first kappa shape index (κ1) is 12.7. The fourth-order valence-electron chi connectivity index (χ4n) is 3.09. The van der Waals surface area contributed by atoms with Crippen molar-refractivity contribution in [3.63, 3.8) is 0 Å². The molecule has 1 unspecified atom stereocenters. The lowest BCUT2D eigenvalue weighted by molar-refractivity contribution is 0.0591. The van der Waals surface area contributed by atoms with Gasteiger partial charge in [-0.1, -0.05) is 20.8 Å². The zero-order chi connectivity index (χ0) is 12.8. The van der Waals surface area contributed by atoms with Crippen LogP contribution in [-0.2, 0) is 0 Å². The Balaban J connectivity index is 2.09. The molecular formula is C14H26N2O. The van der Waals surface area contributed by atoms with Crippen molar-refractivity contribution < 1.29 is 4.79 Å². The molecule has 2 amide bonds. The minimum Gasteiger partial charge on any atom is -0.331 e. The minimum absolute atomic E-state index is 0.204. The van der Waals surface area contributed by atoms with E-state index in [1.54, 1.807) is 4.90 Å². The van der Waals surface area contributed by atoms with Crippen LogP contribution in [0.15, 0.2) is 0 Å². The maximum Gasteiger partial charge on any atom is 0.319 e. The van der Waals surface area contributed by atoms with E-state index in [1.165, 1.54) is 19.3 Å². The molecule has 1 heterocycles. The first-order valence-electron chi connectivity index (χ1n) is 6.75. The highest BCUT2D eigenvalue weighted by molar-refractivity contribution is 5.75. The van der Waals surface area contributed by atoms with Crippen molar-refractivity contribution >= 4 is 6.03 Å². The van der Waals surface area contributed by atoms with Crippen LogP contribution in [0.1, 0.15) is 46.5 Å². The average molecular weight is 238 g/mol. The Bertz CT molecular complexity index is 313. The Morgan fingerprint density at radius 3 is 2.29 bits per heavy atom. The van der Waals surface area contributed by atoms with Crippen LogP contribution in [0.5, 0.6) is 0 Å². The van der Waals surface area contributed by atoms with Crippen molar-refractivity contribution in [2.45, 2.75) is 52.0 Å². The van der Waals surface area contributed by atoms with Crippen LogP contribution in [0, 0.1) is 11.3 Å². The first-order chi connectivity index (χ1) is 7.76. The summed E-state index contributed by atoms with van der Waals surface area (Å²) in [6, 6.07) is 0.204. The number of urea groups is 1. The normalized spacial score (nSPS) is 27.1. The molecule has 0 aromatic heterocycles. The summed E-state index contributed by atoms with van der Waals surface area (Å²) in [5.41, 5.74) is 0.598. The predicted molar refractivity (Wildman–Crippen MR) is 69.9 cm³/mol. The van der Waals surface area contributed by atoms with Gasteiger partial charge in [-0.15, -0.1) is 0 Å². The monoisotopic (exact) mass is 238 g/mol. The van der Waals surface area contributed by atoms with E-state index >= 15 is 0 Å². The highest BCUT2D eigenvalue weighted by Gasteiger charge is 2.54. The summed E-state index contributed by atoms with van der Waals surface area (Å²) in [4.78, 5) is 16.0. The third-order valence-electron chi connectivity index (χ3n) is 4.57. The Kier molecular flexibility index (Phi) is 2.91. The fourth-order valence-corrected chi connectivity index (χ4v) is 3.09. The average Bonchev–Trinajstić information content (AvgIpc) is 2.96. The van der Waals surface area contributed by atoms with Crippen LogP contribution < -0.4 is 0 Å². The van der Waals surface area contributed by atoms with Crippen molar-refractivity contribution in [1.29, 1.82) is 0 Å². The first-order valence-corrected chi connectivity index (χ1v) is 6.75. The lowest BCUT2D eigenvalue weighted by Crippen LogP contribution is -2.53. The molecule has 0 N–H and O–H groups in total. The summed E-state index contributed by atoms with van der Waals surface area (Å²) in [6.07, 6.45) is 4.78. The van der Waals surface area contributed by atoms with E-state index in [0.29, 0.717) is 5.41 Å². The molecule has 0 radical (unpaired) electrons. The van der Waals surface area contributed by atoms with Crippen LogP contribution >= 0.6 is 0 Å². The van der Waals surface area contributed by atoms with E-state index < -0.39 is 0 Å². The molecule has 2 fully saturated rings. The van der Waals surface area contributed by atoms with Crippen molar-refractivity contribution in [2.75, 3.05) is 20.6 Å². The second kappa shape index (κ2) is 3.89. The molecule has 1 aliphatic heterocycles.